The molecule has 8 heteroatoms. The van der Waals surface area contributed by atoms with Gasteiger partial charge in [-0.1, -0.05) is 6.92 Å². The number of piperidine rings is 1. The van der Waals surface area contributed by atoms with E-state index >= 15 is 0 Å². The van der Waals surface area contributed by atoms with Crippen LogP contribution in [0.2, 0.25) is 0 Å². The number of thiazole rings is 1. The first-order valence-corrected chi connectivity index (χ1v) is 7.62. The van der Waals surface area contributed by atoms with Crippen molar-refractivity contribution in [1.29, 1.82) is 0 Å². The molecule has 1 aliphatic rings. The van der Waals surface area contributed by atoms with Gasteiger partial charge in [-0.2, -0.15) is 0 Å². The van der Waals surface area contributed by atoms with E-state index in [1.54, 1.807) is 12.0 Å². The van der Waals surface area contributed by atoms with Crippen molar-refractivity contribution < 1.29 is 19.4 Å². The molecular weight excluding hydrogens is 294 g/mol. The van der Waals surface area contributed by atoms with Crippen molar-refractivity contribution in [2.45, 2.75) is 26.0 Å². The first kappa shape index (κ1) is 15.7. The number of methoxy groups -OCH3 is 1. The molecule has 7 nitrogen and oxygen atoms in total. The van der Waals surface area contributed by atoms with Gasteiger partial charge in [0, 0.05) is 25.6 Å². The molecule has 2 atom stereocenters. The number of carboxylic acid groups (broad SMARTS) is 1. The second-order valence-electron chi connectivity index (χ2n) is 5.08. The molecule has 1 aromatic heterocycles. The molecule has 2 unspecified atom stereocenters. The molecule has 2 heterocycles. The van der Waals surface area contributed by atoms with Gasteiger partial charge in [-0.3, -0.25) is 0 Å². The lowest BCUT2D eigenvalue weighted by Gasteiger charge is -2.36. The van der Waals surface area contributed by atoms with E-state index in [1.807, 2.05) is 0 Å². The predicted octanol–water partition coefficient (Wildman–Crippen LogP) is 1.41. The zero-order chi connectivity index (χ0) is 15.4. The number of hydrogen-bond donors (Lipinski definition) is 2. The predicted molar refractivity (Wildman–Crippen MR) is 77.5 cm³/mol. The molecule has 0 aliphatic carbocycles. The Bertz CT molecular complexity index is 519. The number of hydrogen-bond acceptors (Lipinski definition) is 5. The van der Waals surface area contributed by atoms with Crippen LogP contribution in [0.1, 0.15) is 28.8 Å². The summed E-state index contributed by atoms with van der Waals surface area (Å²) in [6.45, 7) is 3.62. The first-order chi connectivity index (χ1) is 10.0. The third kappa shape index (κ3) is 3.92. The molecule has 2 amide bonds. The fraction of sp³-hybridized carbons (Fsp3) is 0.615. The van der Waals surface area contributed by atoms with Gasteiger partial charge in [0.1, 0.15) is 5.01 Å². The molecule has 2 N–H and O–H groups in total. The largest absolute Gasteiger partial charge is 0.476 e. The minimum absolute atomic E-state index is 0.00972. The minimum atomic E-state index is -1.06. The number of urea groups is 1. The zero-order valence-corrected chi connectivity index (χ0v) is 12.9. The highest BCUT2D eigenvalue weighted by Gasteiger charge is 2.28. The Kier molecular flexibility index (Phi) is 5.13. The highest BCUT2D eigenvalue weighted by atomic mass is 32.1. The monoisotopic (exact) mass is 313 g/mol. The van der Waals surface area contributed by atoms with Crippen molar-refractivity contribution in [2.24, 2.45) is 5.92 Å². The second kappa shape index (κ2) is 6.86. The summed E-state index contributed by atoms with van der Waals surface area (Å²) in [5, 5.41) is 13.6. The van der Waals surface area contributed by atoms with Crippen LogP contribution in [0.25, 0.3) is 0 Å². The van der Waals surface area contributed by atoms with Crippen molar-refractivity contribution in [3.05, 3.63) is 16.1 Å². The van der Waals surface area contributed by atoms with Crippen molar-refractivity contribution in [3.63, 3.8) is 0 Å². The third-order valence-electron chi connectivity index (χ3n) is 3.64. The number of nitrogens with one attached hydrogen (secondary N) is 1. The molecule has 0 spiro atoms. The van der Waals surface area contributed by atoms with Gasteiger partial charge in [-0.25, -0.2) is 14.6 Å². The lowest BCUT2D eigenvalue weighted by molar-refractivity contribution is 0.00714. The van der Waals surface area contributed by atoms with Crippen LogP contribution in [0.15, 0.2) is 5.38 Å². The number of carbonyl (C=O) groups excluding carboxylic acids is 1. The van der Waals surface area contributed by atoms with Gasteiger partial charge in [0.05, 0.1) is 12.6 Å². The van der Waals surface area contributed by atoms with Crippen LogP contribution < -0.4 is 5.32 Å². The first-order valence-electron chi connectivity index (χ1n) is 6.74. The van der Waals surface area contributed by atoms with Gasteiger partial charge in [-0.05, 0) is 12.3 Å². The van der Waals surface area contributed by atoms with Gasteiger partial charge in [0.15, 0.2) is 5.69 Å². The summed E-state index contributed by atoms with van der Waals surface area (Å²) >= 11 is 1.22. The molecule has 116 valence electrons. The summed E-state index contributed by atoms with van der Waals surface area (Å²) in [5.74, 6) is -0.618. The average molecular weight is 313 g/mol. The van der Waals surface area contributed by atoms with Crippen molar-refractivity contribution in [2.75, 3.05) is 20.2 Å². The number of carboxylic acids is 1. The van der Waals surface area contributed by atoms with E-state index in [-0.39, 0.29) is 24.4 Å². The lowest BCUT2D eigenvalue weighted by atomic mass is 9.96. The highest BCUT2D eigenvalue weighted by Crippen LogP contribution is 2.19. The van der Waals surface area contributed by atoms with Crippen molar-refractivity contribution in [3.8, 4) is 0 Å². The van der Waals surface area contributed by atoms with E-state index in [9.17, 15) is 9.59 Å². The molecular formula is C13H19N3O4S. The fourth-order valence-electron chi connectivity index (χ4n) is 2.28. The number of aromatic nitrogens is 1. The number of ether oxygens (including phenoxy) is 1. The summed E-state index contributed by atoms with van der Waals surface area (Å²) < 4.78 is 5.38. The van der Waals surface area contributed by atoms with E-state index in [0.717, 1.165) is 6.42 Å². The number of amides is 2. The molecule has 0 aromatic carbocycles. The highest BCUT2D eigenvalue weighted by molar-refractivity contribution is 7.09. The van der Waals surface area contributed by atoms with E-state index < -0.39 is 5.97 Å². The Balaban J connectivity index is 1.85. The molecule has 0 radical (unpaired) electrons. The van der Waals surface area contributed by atoms with Crippen molar-refractivity contribution >= 4 is 23.3 Å². The second-order valence-corrected chi connectivity index (χ2v) is 6.02. The summed E-state index contributed by atoms with van der Waals surface area (Å²) in [7, 11) is 1.66. The number of likely N-dealkylation sites (tertiary alicyclic amines) is 1. The molecule has 2 rings (SSSR count). The maximum Gasteiger partial charge on any atom is 0.355 e. The molecule has 0 bridgehead atoms. The summed E-state index contributed by atoms with van der Waals surface area (Å²) in [4.78, 5) is 28.5. The molecule has 0 saturated carbocycles. The summed E-state index contributed by atoms with van der Waals surface area (Å²) in [5.41, 5.74) is 0.00972. The van der Waals surface area contributed by atoms with Gasteiger partial charge >= 0.3 is 12.0 Å². The van der Waals surface area contributed by atoms with Gasteiger partial charge in [0.2, 0.25) is 0 Å². The van der Waals surface area contributed by atoms with E-state index in [4.69, 9.17) is 9.84 Å². The maximum absolute atomic E-state index is 12.1. The van der Waals surface area contributed by atoms with E-state index in [0.29, 0.717) is 24.0 Å². The van der Waals surface area contributed by atoms with Crippen LogP contribution >= 0.6 is 11.3 Å². The van der Waals surface area contributed by atoms with E-state index in [1.165, 1.54) is 16.7 Å². The zero-order valence-electron chi connectivity index (χ0n) is 12.0. The SMILES string of the molecule is COC1CN(C(=O)NCc2nc(C(=O)O)cs2)CCC1C. The Hall–Kier alpha value is -1.67. The third-order valence-corrected chi connectivity index (χ3v) is 4.49. The summed E-state index contributed by atoms with van der Waals surface area (Å²) in [6, 6.07) is -0.170. The average Bonchev–Trinajstić information content (AvgIpc) is 2.94. The normalized spacial score (nSPS) is 22.1. The fourth-order valence-corrected chi connectivity index (χ4v) is 2.99. The molecule has 21 heavy (non-hydrogen) atoms. The van der Waals surface area contributed by atoms with Gasteiger partial charge in [-0.15, -0.1) is 11.3 Å². The molecule has 1 aromatic rings. The van der Waals surface area contributed by atoms with Crippen LogP contribution in [-0.4, -0.2) is 53.3 Å². The van der Waals surface area contributed by atoms with Gasteiger partial charge in [0.25, 0.3) is 0 Å². The number of carbonyl (C=O) groups is 2. The van der Waals surface area contributed by atoms with Crippen molar-refractivity contribution in [1.82, 2.24) is 15.2 Å². The molecule has 1 fully saturated rings. The quantitative estimate of drug-likeness (QED) is 0.877. The molecule has 1 saturated heterocycles. The standard InChI is InChI=1S/C13H19N3O4S/c1-8-3-4-16(6-10(8)20-2)13(19)14-5-11-15-9(7-21-11)12(17)18/h7-8,10H,3-6H2,1-2H3,(H,14,19)(H,17,18). The Morgan fingerprint density at radius 1 is 1.62 bits per heavy atom. The Labute approximate surface area is 126 Å². The van der Waals surface area contributed by atoms with Crippen LogP contribution in [0.4, 0.5) is 4.79 Å². The molecule has 1 aliphatic heterocycles. The van der Waals surface area contributed by atoms with Gasteiger partial charge < -0.3 is 20.1 Å². The topological polar surface area (TPSA) is 91.8 Å². The smallest absolute Gasteiger partial charge is 0.355 e. The Morgan fingerprint density at radius 3 is 3.00 bits per heavy atom. The maximum atomic E-state index is 12.1. The van der Waals surface area contributed by atoms with Crippen LogP contribution in [0.5, 0.6) is 0 Å². The number of nitrogens with zero attached hydrogens (tertiary/aromatic N) is 2. The number of rotatable bonds is 4. The van der Waals surface area contributed by atoms with Crippen LogP contribution in [0, 0.1) is 5.92 Å². The summed E-state index contributed by atoms with van der Waals surface area (Å²) in [6.07, 6.45) is 0.967. The Morgan fingerprint density at radius 2 is 2.38 bits per heavy atom. The van der Waals surface area contributed by atoms with Crippen LogP contribution in [-0.2, 0) is 11.3 Å². The lowest BCUT2D eigenvalue weighted by Crippen LogP contribution is -2.50. The minimum Gasteiger partial charge on any atom is -0.476 e. The van der Waals surface area contributed by atoms with E-state index in [2.05, 4.69) is 17.2 Å². The van der Waals surface area contributed by atoms with Crippen LogP contribution in [0.3, 0.4) is 0 Å². The number of aromatic carboxylic acids is 1.